The van der Waals surface area contributed by atoms with Gasteiger partial charge >= 0.3 is 12.1 Å². The molecule has 0 saturated heterocycles. The number of carboxylic acids is 1. The van der Waals surface area contributed by atoms with Crippen molar-refractivity contribution in [3.8, 4) is 17.0 Å². The number of halogens is 3. The van der Waals surface area contributed by atoms with Crippen molar-refractivity contribution in [3.05, 3.63) is 59.6 Å². The summed E-state index contributed by atoms with van der Waals surface area (Å²) in [5.74, 6) is -2.59. The van der Waals surface area contributed by atoms with Crippen LogP contribution in [0.15, 0.2) is 47.2 Å². The van der Waals surface area contributed by atoms with Gasteiger partial charge in [0, 0.05) is 17.8 Å². The summed E-state index contributed by atoms with van der Waals surface area (Å²) in [6.07, 6.45) is -1.47. The first-order chi connectivity index (χ1) is 13.8. The van der Waals surface area contributed by atoms with Crippen LogP contribution >= 0.6 is 0 Å². The maximum absolute atomic E-state index is 13.6. The standard InChI is InChI=1S/C19H16F3N3O4/c1-2-7-28-12-3-4-13(14(8-12)19(20,21)22)15-9-16(29-25-15)17(18(26)27)11-5-6-23-24-10-11/h3-6,8-10,17H,2,7H2,1H3,(H,26,27). The number of aliphatic carboxylic acids is 1. The van der Waals surface area contributed by atoms with Crippen LogP contribution in [-0.4, -0.2) is 33.0 Å². The van der Waals surface area contributed by atoms with Gasteiger partial charge in [0.2, 0.25) is 0 Å². The van der Waals surface area contributed by atoms with E-state index in [1.807, 2.05) is 6.92 Å². The van der Waals surface area contributed by atoms with E-state index < -0.39 is 23.6 Å². The molecule has 2 heterocycles. The number of rotatable bonds is 7. The molecule has 0 fully saturated rings. The Morgan fingerprint density at radius 3 is 2.66 bits per heavy atom. The highest BCUT2D eigenvalue weighted by molar-refractivity contribution is 5.80. The molecule has 1 unspecified atom stereocenters. The van der Waals surface area contributed by atoms with Crippen molar-refractivity contribution in [3.63, 3.8) is 0 Å². The van der Waals surface area contributed by atoms with E-state index in [0.717, 1.165) is 6.07 Å². The van der Waals surface area contributed by atoms with Crippen LogP contribution in [0.1, 0.15) is 36.1 Å². The predicted octanol–water partition coefficient (Wildman–Crippen LogP) is 4.16. The summed E-state index contributed by atoms with van der Waals surface area (Å²) in [4.78, 5) is 11.7. The smallest absolute Gasteiger partial charge is 0.417 e. The molecule has 0 spiro atoms. The second kappa shape index (κ2) is 8.29. The lowest BCUT2D eigenvalue weighted by Crippen LogP contribution is -2.12. The zero-order valence-electron chi connectivity index (χ0n) is 15.2. The third-order valence-corrected chi connectivity index (χ3v) is 4.05. The van der Waals surface area contributed by atoms with Gasteiger partial charge < -0.3 is 14.4 Å². The number of aromatic nitrogens is 3. The molecule has 1 aromatic carbocycles. The van der Waals surface area contributed by atoms with Gasteiger partial charge in [-0.25, -0.2) is 0 Å². The topological polar surface area (TPSA) is 98.3 Å². The second-order valence-electron chi connectivity index (χ2n) is 6.12. The SMILES string of the molecule is CCCOc1ccc(-c2cc(C(C(=O)O)c3ccnnc3)on2)c(C(F)(F)F)c1. The molecule has 0 amide bonds. The normalized spacial score (nSPS) is 12.6. The molecule has 0 saturated carbocycles. The van der Waals surface area contributed by atoms with Gasteiger partial charge in [-0.1, -0.05) is 12.1 Å². The monoisotopic (exact) mass is 407 g/mol. The molecule has 3 aromatic rings. The van der Waals surface area contributed by atoms with Gasteiger partial charge in [-0.05, 0) is 36.2 Å². The van der Waals surface area contributed by atoms with Gasteiger partial charge in [0.1, 0.15) is 17.4 Å². The molecular formula is C19H16F3N3O4. The molecule has 0 aliphatic rings. The Hall–Kier alpha value is -3.43. The van der Waals surface area contributed by atoms with Gasteiger partial charge in [-0.15, -0.1) is 0 Å². The Balaban J connectivity index is 2.02. The number of carboxylic acid groups (broad SMARTS) is 1. The fraction of sp³-hybridized carbons (Fsp3) is 0.263. The first-order valence-corrected chi connectivity index (χ1v) is 8.61. The molecular weight excluding hydrogens is 391 g/mol. The zero-order valence-corrected chi connectivity index (χ0v) is 15.2. The van der Waals surface area contributed by atoms with E-state index >= 15 is 0 Å². The van der Waals surface area contributed by atoms with E-state index in [1.54, 1.807) is 0 Å². The van der Waals surface area contributed by atoms with Crippen molar-refractivity contribution in [2.75, 3.05) is 6.61 Å². The highest BCUT2D eigenvalue weighted by atomic mass is 19.4. The molecule has 2 aromatic heterocycles. The molecule has 3 rings (SSSR count). The third-order valence-electron chi connectivity index (χ3n) is 4.05. The molecule has 7 nitrogen and oxygen atoms in total. The lowest BCUT2D eigenvalue weighted by molar-refractivity contribution is -0.138. The van der Waals surface area contributed by atoms with Crippen LogP contribution in [0.3, 0.4) is 0 Å². The highest BCUT2D eigenvalue weighted by Gasteiger charge is 2.36. The number of nitrogens with zero attached hydrogens (tertiary/aromatic N) is 3. The number of carbonyl (C=O) groups is 1. The minimum atomic E-state index is -4.67. The fourth-order valence-corrected chi connectivity index (χ4v) is 2.74. The number of benzene rings is 1. The number of ether oxygens (including phenoxy) is 1. The van der Waals surface area contributed by atoms with E-state index in [9.17, 15) is 23.1 Å². The highest BCUT2D eigenvalue weighted by Crippen LogP contribution is 2.39. The average molecular weight is 407 g/mol. The minimum Gasteiger partial charge on any atom is -0.494 e. The molecule has 10 heteroatoms. The summed E-state index contributed by atoms with van der Waals surface area (Å²) in [6.45, 7) is 2.12. The van der Waals surface area contributed by atoms with Crippen molar-refractivity contribution in [2.45, 2.75) is 25.4 Å². The van der Waals surface area contributed by atoms with Crippen LogP contribution in [-0.2, 0) is 11.0 Å². The summed E-state index contributed by atoms with van der Waals surface area (Å²) in [6, 6.07) is 6.11. The Kier molecular flexibility index (Phi) is 5.81. The average Bonchev–Trinajstić information content (AvgIpc) is 3.15. The lowest BCUT2D eigenvalue weighted by atomic mass is 9.97. The quantitative estimate of drug-likeness (QED) is 0.628. The van der Waals surface area contributed by atoms with Crippen molar-refractivity contribution >= 4 is 5.97 Å². The maximum Gasteiger partial charge on any atom is 0.417 e. The van der Waals surface area contributed by atoms with Crippen molar-refractivity contribution in [1.29, 1.82) is 0 Å². The van der Waals surface area contributed by atoms with Crippen LogP contribution < -0.4 is 4.74 Å². The van der Waals surface area contributed by atoms with Crippen LogP contribution in [0.25, 0.3) is 11.3 Å². The van der Waals surface area contributed by atoms with Gasteiger partial charge in [0.25, 0.3) is 0 Å². The number of hydrogen-bond acceptors (Lipinski definition) is 6. The number of alkyl halides is 3. The third kappa shape index (κ3) is 4.53. The molecule has 29 heavy (non-hydrogen) atoms. The van der Waals surface area contributed by atoms with Crippen molar-refractivity contribution in [2.24, 2.45) is 0 Å². The maximum atomic E-state index is 13.6. The van der Waals surface area contributed by atoms with Crippen LogP contribution in [0, 0.1) is 0 Å². The first-order valence-electron chi connectivity index (χ1n) is 8.61. The summed E-state index contributed by atoms with van der Waals surface area (Å²) in [5.41, 5.74) is -1.08. The second-order valence-corrected chi connectivity index (χ2v) is 6.12. The Morgan fingerprint density at radius 2 is 2.03 bits per heavy atom. The largest absolute Gasteiger partial charge is 0.494 e. The fourth-order valence-electron chi connectivity index (χ4n) is 2.74. The van der Waals surface area contributed by atoms with Crippen molar-refractivity contribution in [1.82, 2.24) is 15.4 Å². The lowest BCUT2D eigenvalue weighted by Gasteiger charge is -2.13. The van der Waals surface area contributed by atoms with Crippen LogP contribution in [0.5, 0.6) is 5.75 Å². The molecule has 152 valence electrons. The van der Waals surface area contributed by atoms with Gasteiger partial charge in [-0.3, -0.25) is 4.79 Å². The molecule has 0 aliphatic heterocycles. The van der Waals surface area contributed by atoms with E-state index in [2.05, 4.69) is 15.4 Å². The van der Waals surface area contributed by atoms with E-state index in [4.69, 9.17) is 9.26 Å². The Morgan fingerprint density at radius 1 is 1.24 bits per heavy atom. The van der Waals surface area contributed by atoms with Gasteiger partial charge in [0.15, 0.2) is 5.76 Å². The Labute approximate surface area is 163 Å². The summed E-state index contributed by atoms with van der Waals surface area (Å²) in [5, 5.41) is 20.4. The molecule has 1 N–H and O–H groups in total. The van der Waals surface area contributed by atoms with Gasteiger partial charge in [-0.2, -0.15) is 23.4 Å². The summed E-state index contributed by atoms with van der Waals surface area (Å²) in [7, 11) is 0. The molecule has 0 bridgehead atoms. The molecule has 0 aliphatic carbocycles. The van der Waals surface area contributed by atoms with Crippen molar-refractivity contribution < 1.29 is 32.3 Å². The zero-order chi connectivity index (χ0) is 21.0. The van der Waals surface area contributed by atoms with Gasteiger partial charge in [0.05, 0.1) is 18.4 Å². The molecule has 0 radical (unpaired) electrons. The van der Waals surface area contributed by atoms with Crippen LogP contribution in [0.2, 0.25) is 0 Å². The van der Waals surface area contributed by atoms with E-state index in [-0.39, 0.29) is 34.9 Å². The summed E-state index contributed by atoms with van der Waals surface area (Å²) >= 11 is 0. The summed E-state index contributed by atoms with van der Waals surface area (Å²) < 4.78 is 51.1. The van der Waals surface area contributed by atoms with Crippen LogP contribution in [0.4, 0.5) is 13.2 Å². The molecule has 1 atom stereocenters. The van der Waals surface area contributed by atoms with E-state index in [0.29, 0.717) is 6.42 Å². The predicted molar refractivity (Wildman–Crippen MR) is 94.2 cm³/mol. The first kappa shape index (κ1) is 20.3. The Bertz CT molecular complexity index is 990. The van der Waals surface area contributed by atoms with E-state index in [1.165, 1.54) is 36.7 Å². The minimum absolute atomic E-state index is 0.0814. The number of hydrogen-bond donors (Lipinski definition) is 1.